The fourth-order valence-corrected chi connectivity index (χ4v) is 4.72. The van der Waals surface area contributed by atoms with Crippen molar-refractivity contribution in [3.05, 3.63) is 102 Å². The van der Waals surface area contributed by atoms with Crippen LogP contribution in [0.5, 0.6) is 0 Å². The Labute approximate surface area is 234 Å². The smallest absolute Gasteiger partial charge is 0.359 e. The topological polar surface area (TPSA) is 77.6 Å². The molecule has 0 atom stereocenters. The Balaban J connectivity index is 1.29. The summed E-state index contributed by atoms with van der Waals surface area (Å²) in [6.07, 6.45) is 0.712. The molecular weight excluding hydrogens is 529 g/mol. The van der Waals surface area contributed by atoms with E-state index in [4.69, 9.17) is 5.10 Å². The van der Waals surface area contributed by atoms with Crippen molar-refractivity contribution in [2.24, 2.45) is 0 Å². The van der Waals surface area contributed by atoms with Crippen LogP contribution in [0.3, 0.4) is 0 Å². The van der Waals surface area contributed by atoms with Crippen molar-refractivity contribution in [2.45, 2.75) is 37.8 Å². The summed E-state index contributed by atoms with van der Waals surface area (Å²) in [6, 6.07) is 22.5. The minimum absolute atomic E-state index is 0.0650. The number of halogens is 3. The second-order valence-corrected chi connectivity index (χ2v) is 10.1. The summed E-state index contributed by atoms with van der Waals surface area (Å²) in [6.45, 7) is 0. The summed E-state index contributed by atoms with van der Waals surface area (Å²) in [5, 5.41) is 16.0. The van der Waals surface area contributed by atoms with Gasteiger partial charge in [-0.1, -0.05) is 41.6 Å². The Kier molecular flexibility index (Phi) is 6.90. The number of carbonyl (C=O) groups is 1. The van der Waals surface area contributed by atoms with E-state index in [1.165, 1.54) is 12.1 Å². The largest absolute Gasteiger partial charge is 0.416 e. The zero-order chi connectivity index (χ0) is 28.6. The van der Waals surface area contributed by atoms with E-state index >= 15 is 0 Å². The van der Waals surface area contributed by atoms with E-state index in [9.17, 15) is 18.0 Å². The Morgan fingerprint density at radius 3 is 2.12 bits per heavy atom. The van der Waals surface area contributed by atoms with Crippen LogP contribution in [0.2, 0.25) is 0 Å². The predicted octanol–water partition coefficient (Wildman–Crippen LogP) is 6.36. The number of nitrogens with one attached hydrogen (secondary N) is 1. The molecule has 0 spiro atoms. The molecule has 0 saturated heterocycles. The molecule has 3 aromatic carbocycles. The highest BCUT2D eigenvalue weighted by Crippen LogP contribution is 2.39. The summed E-state index contributed by atoms with van der Waals surface area (Å²) in [7, 11) is 1.61. The molecule has 1 amide bonds. The predicted molar refractivity (Wildman–Crippen MR) is 149 cm³/mol. The maximum atomic E-state index is 13.0. The summed E-state index contributed by atoms with van der Waals surface area (Å²) >= 11 is 0. The third-order valence-corrected chi connectivity index (χ3v) is 7.24. The average Bonchev–Trinajstić information content (AvgIpc) is 3.56. The fourth-order valence-electron chi connectivity index (χ4n) is 4.72. The number of amides is 1. The fraction of sp³-hybridized carbons (Fsp3) is 0.226. The van der Waals surface area contributed by atoms with Crippen LogP contribution in [0.25, 0.3) is 33.8 Å². The van der Waals surface area contributed by atoms with Crippen LogP contribution in [-0.2, 0) is 17.4 Å². The Morgan fingerprint density at radius 1 is 0.902 bits per heavy atom. The number of aryl methyl sites for hydroxylation is 1. The van der Waals surface area contributed by atoms with Crippen molar-refractivity contribution in [2.75, 3.05) is 7.05 Å². The van der Waals surface area contributed by atoms with Crippen molar-refractivity contribution < 1.29 is 18.0 Å². The highest BCUT2D eigenvalue weighted by molar-refractivity contribution is 5.76. The maximum absolute atomic E-state index is 13.0. The molecule has 1 N–H and O–H groups in total. The Morgan fingerprint density at radius 2 is 1.51 bits per heavy atom. The molecule has 1 aliphatic rings. The molecule has 7 nitrogen and oxygen atoms in total. The van der Waals surface area contributed by atoms with Crippen LogP contribution in [-0.4, -0.2) is 37.7 Å². The number of hydrogen-bond acceptors (Lipinski definition) is 4. The monoisotopic (exact) mass is 556 g/mol. The van der Waals surface area contributed by atoms with Gasteiger partial charge in [-0.05, 0) is 66.4 Å². The first-order chi connectivity index (χ1) is 19.8. The first-order valence-corrected chi connectivity index (χ1v) is 13.4. The van der Waals surface area contributed by atoms with Gasteiger partial charge in [0.1, 0.15) is 0 Å². The first kappa shape index (κ1) is 26.5. The third-order valence-electron chi connectivity index (χ3n) is 7.24. The molecule has 1 aliphatic carbocycles. The van der Waals surface area contributed by atoms with Crippen molar-refractivity contribution >= 4 is 5.91 Å². The zero-order valence-electron chi connectivity index (χ0n) is 22.3. The lowest BCUT2D eigenvalue weighted by Crippen LogP contribution is -2.18. The number of aromatic nitrogens is 5. The maximum Gasteiger partial charge on any atom is 0.416 e. The molecule has 6 rings (SSSR count). The van der Waals surface area contributed by atoms with Crippen molar-refractivity contribution in [3.63, 3.8) is 0 Å². The number of hydrogen-bond donors (Lipinski definition) is 1. The van der Waals surface area contributed by atoms with Gasteiger partial charge in [0.25, 0.3) is 0 Å². The summed E-state index contributed by atoms with van der Waals surface area (Å²) in [4.78, 5) is 11.9. The molecule has 2 heterocycles. The van der Waals surface area contributed by atoms with Crippen molar-refractivity contribution in [1.82, 2.24) is 30.1 Å². The quantitative estimate of drug-likeness (QED) is 0.241. The molecule has 41 heavy (non-hydrogen) atoms. The van der Waals surface area contributed by atoms with Crippen molar-refractivity contribution in [1.29, 1.82) is 0 Å². The molecule has 208 valence electrons. The van der Waals surface area contributed by atoms with E-state index in [1.54, 1.807) is 11.7 Å². The summed E-state index contributed by atoms with van der Waals surface area (Å²) < 4.78 is 42.5. The van der Waals surface area contributed by atoms with Crippen LogP contribution in [0.1, 0.15) is 42.1 Å². The van der Waals surface area contributed by atoms with Gasteiger partial charge in [-0.3, -0.25) is 4.79 Å². The highest BCUT2D eigenvalue weighted by atomic mass is 19.4. The molecular formula is C31H27F3N6O. The van der Waals surface area contributed by atoms with Crippen LogP contribution >= 0.6 is 0 Å². The minimum atomic E-state index is -4.37. The van der Waals surface area contributed by atoms with Crippen LogP contribution < -0.4 is 5.32 Å². The molecule has 0 unspecified atom stereocenters. The molecule has 5 aromatic rings. The van der Waals surface area contributed by atoms with E-state index in [2.05, 4.69) is 15.6 Å². The minimum Gasteiger partial charge on any atom is -0.359 e. The lowest BCUT2D eigenvalue weighted by molar-refractivity contribution is -0.137. The lowest BCUT2D eigenvalue weighted by atomic mass is 10.0. The number of alkyl halides is 3. The van der Waals surface area contributed by atoms with Gasteiger partial charge in [-0.2, -0.15) is 18.3 Å². The normalized spacial score (nSPS) is 13.4. The second-order valence-electron chi connectivity index (χ2n) is 10.1. The Hall–Kier alpha value is -4.73. The van der Waals surface area contributed by atoms with Gasteiger partial charge in [0.05, 0.1) is 40.2 Å². The zero-order valence-corrected chi connectivity index (χ0v) is 22.3. The van der Waals surface area contributed by atoms with Crippen LogP contribution in [0.4, 0.5) is 13.2 Å². The van der Waals surface area contributed by atoms with E-state index in [-0.39, 0.29) is 5.91 Å². The summed E-state index contributed by atoms with van der Waals surface area (Å²) in [5.41, 5.74) is 6.05. The van der Waals surface area contributed by atoms with Gasteiger partial charge < -0.3 is 5.32 Å². The number of nitrogens with zero attached hydrogens (tertiary/aromatic N) is 5. The van der Waals surface area contributed by atoms with Gasteiger partial charge in [-0.25, -0.2) is 9.36 Å². The number of benzene rings is 3. The Bertz CT molecular complexity index is 1670. The molecule has 10 heteroatoms. The second kappa shape index (κ2) is 10.7. The lowest BCUT2D eigenvalue weighted by Gasteiger charge is -2.10. The van der Waals surface area contributed by atoms with E-state index in [1.807, 2.05) is 65.5 Å². The molecule has 1 saturated carbocycles. The number of rotatable bonds is 8. The van der Waals surface area contributed by atoms with Gasteiger partial charge in [0.15, 0.2) is 0 Å². The van der Waals surface area contributed by atoms with Gasteiger partial charge in [0.2, 0.25) is 5.91 Å². The van der Waals surface area contributed by atoms with Crippen LogP contribution in [0.15, 0.2) is 85.1 Å². The summed E-state index contributed by atoms with van der Waals surface area (Å²) in [5.74, 6) is 0.457. The van der Waals surface area contributed by atoms with Gasteiger partial charge in [0, 0.05) is 31.4 Å². The van der Waals surface area contributed by atoms with E-state index in [0.29, 0.717) is 24.3 Å². The van der Waals surface area contributed by atoms with Crippen LogP contribution in [0, 0.1) is 0 Å². The molecule has 0 bridgehead atoms. The van der Waals surface area contributed by atoms with Gasteiger partial charge >= 0.3 is 6.18 Å². The third kappa shape index (κ3) is 5.77. The SMILES string of the molecule is CNC(=O)CCc1cc(-c2ccc(-c3ccc(C(F)(F)F)cc3)cc2)n(-c2ccc(-n3cc(C4CC4)nn3)cc2)n1. The van der Waals surface area contributed by atoms with Gasteiger partial charge in [-0.15, -0.1) is 5.10 Å². The number of carbonyl (C=O) groups excluding carboxylic acids is 1. The van der Waals surface area contributed by atoms with E-state index < -0.39 is 11.7 Å². The molecule has 0 aliphatic heterocycles. The van der Waals surface area contributed by atoms with Crippen molar-refractivity contribution in [3.8, 4) is 33.8 Å². The first-order valence-electron chi connectivity index (χ1n) is 13.4. The molecule has 1 fully saturated rings. The standard InChI is InChI=1S/C31H27F3N6O/c1-35-30(41)17-12-25-18-29(23-6-2-20(3-7-23)21-8-10-24(11-9-21)31(32,33)34)40(37-25)27-15-13-26(14-16-27)39-19-28(36-38-39)22-4-5-22/h2-3,6-11,13-16,18-19,22H,4-5,12,17H2,1H3,(H,35,41). The molecule has 2 aromatic heterocycles. The average molecular weight is 557 g/mol. The highest BCUT2D eigenvalue weighted by Gasteiger charge is 2.30. The molecule has 0 radical (unpaired) electrons. The van der Waals surface area contributed by atoms with E-state index in [0.717, 1.165) is 64.6 Å².